The summed E-state index contributed by atoms with van der Waals surface area (Å²) < 4.78 is 53.5. The van der Waals surface area contributed by atoms with Crippen molar-refractivity contribution in [2.45, 2.75) is 25.8 Å². The molecular formula is C24H27FN4O5S. The number of hydrogen-bond acceptors (Lipinski definition) is 7. The lowest BCUT2D eigenvalue weighted by Crippen LogP contribution is -2.32. The summed E-state index contributed by atoms with van der Waals surface area (Å²) in [6.45, 7) is 3.51. The van der Waals surface area contributed by atoms with Crippen LogP contribution in [0.4, 0.5) is 10.1 Å². The van der Waals surface area contributed by atoms with Gasteiger partial charge in [-0.1, -0.05) is 6.92 Å². The van der Waals surface area contributed by atoms with Crippen LogP contribution in [0.3, 0.4) is 0 Å². The molecule has 9 nitrogen and oxygen atoms in total. The number of nitrogens with zero attached hydrogens (tertiary/aromatic N) is 4. The van der Waals surface area contributed by atoms with E-state index in [4.69, 9.17) is 9.47 Å². The standard InChI is InChI=1S/C24H27FN4O5S/c1-3-27(2)35(31,32)15-22(30)19-14-26-29-8-6-17(13-21(19)29)28-7-4-5-20(28)18-11-16(25)12-23-24(18)34-10-9-33-23/h6,8,11-14,20H,3-5,7,9-10,15H2,1-2H3. The molecule has 3 aromatic rings. The Bertz CT molecular complexity index is 1390. The molecule has 186 valence electrons. The Kier molecular flexibility index (Phi) is 6.14. The van der Waals surface area contributed by atoms with E-state index in [9.17, 15) is 17.6 Å². The summed E-state index contributed by atoms with van der Waals surface area (Å²) in [6.07, 6.45) is 4.84. The molecule has 1 fully saturated rings. The summed E-state index contributed by atoms with van der Waals surface area (Å²) in [4.78, 5) is 15.1. The molecule has 2 aromatic heterocycles. The Morgan fingerprint density at radius 3 is 2.86 bits per heavy atom. The highest BCUT2D eigenvalue weighted by Gasteiger charge is 2.32. The minimum atomic E-state index is -3.71. The predicted octanol–water partition coefficient (Wildman–Crippen LogP) is 3.05. The lowest BCUT2D eigenvalue weighted by atomic mass is 10.0. The molecule has 11 heteroatoms. The topological polar surface area (TPSA) is 93.5 Å². The van der Waals surface area contributed by atoms with E-state index < -0.39 is 21.6 Å². The molecule has 0 spiro atoms. The minimum absolute atomic E-state index is 0.135. The number of pyridine rings is 1. The van der Waals surface area contributed by atoms with Crippen molar-refractivity contribution in [3.8, 4) is 11.5 Å². The predicted molar refractivity (Wildman–Crippen MR) is 128 cm³/mol. The van der Waals surface area contributed by atoms with Crippen molar-refractivity contribution in [2.24, 2.45) is 0 Å². The highest BCUT2D eigenvalue weighted by atomic mass is 32.2. The maximum absolute atomic E-state index is 14.4. The van der Waals surface area contributed by atoms with Crippen molar-refractivity contribution < 1.29 is 27.1 Å². The van der Waals surface area contributed by atoms with E-state index in [1.54, 1.807) is 17.6 Å². The molecular weight excluding hydrogens is 475 g/mol. The van der Waals surface area contributed by atoms with Crippen molar-refractivity contribution in [3.63, 3.8) is 0 Å². The second-order valence-corrected chi connectivity index (χ2v) is 10.8. The molecule has 1 saturated heterocycles. The van der Waals surface area contributed by atoms with Crippen molar-refractivity contribution in [3.05, 3.63) is 53.6 Å². The molecule has 0 amide bonds. The average Bonchev–Trinajstić information content (AvgIpc) is 3.49. The zero-order valence-electron chi connectivity index (χ0n) is 19.6. The summed E-state index contributed by atoms with van der Waals surface area (Å²) in [7, 11) is -2.26. The summed E-state index contributed by atoms with van der Waals surface area (Å²) in [5.74, 6) is -0.535. The third-order valence-electron chi connectivity index (χ3n) is 6.62. The molecule has 4 heterocycles. The van der Waals surface area contributed by atoms with Crippen LogP contribution in [0, 0.1) is 5.82 Å². The summed E-state index contributed by atoms with van der Waals surface area (Å²) >= 11 is 0. The summed E-state index contributed by atoms with van der Waals surface area (Å²) in [5, 5.41) is 4.23. The van der Waals surface area contributed by atoms with Crippen molar-refractivity contribution in [1.82, 2.24) is 13.9 Å². The van der Waals surface area contributed by atoms with Crippen LogP contribution in [0.1, 0.15) is 41.7 Å². The van der Waals surface area contributed by atoms with Crippen molar-refractivity contribution in [1.29, 1.82) is 0 Å². The number of rotatable bonds is 7. The number of ketones is 1. The number of carbonyl (C=O) groups excluding carboxylic acids is 1. The first kappa shape index (κ1) is 23.6. The second-order valence-electron chi connectivity index (χ2n) is 8.74. The van der Waals surface area contributed by atoms with E-state index in [2.05, 4.69) is 10.00 Å². The van der Waals surface area contributed by atoms with E-state index in [1.165, 1.54) is 25.4 Å². The van der Waals surface area contributed by atoms with Gasteiger partial charge >= 0.3 is 0 Å². The van der Waals surface area contributed by atoms with Gasteiger partial charge in [0.2, 0.25) is 10.0 Å². The molecule has 1 aromatic carbocycles. The Labute approximate surface area is 203 Å². The Hall–Kier alpha value is -3.18. The van der Waals surface area contributed by atoms with Crippen LogP contribution >= 0.6 is 0 Å². The summed E-state index contributed by atoms with van der Waals surface area (Å²) in [6, 6.07) is 6.43. The lowest BCUT2D eigenvalue weighted by molar-refractivity contribution is 0.102. The number of Topliss-reactive ketones (excluding diaryl/α,β-unsaturated/α-hetero) is 1. The number of sulfonamides is 1. The summed E-state index contributed by atoms with van der Waals surface area (Å²) in [5.41, 5.74) is 2.33. The van der Waals surface area contributed by atoms with Crippen LogP contribution in [-0.2, 0) is 10.0 Å². The molecule has 2 aliphatic rings. The van der Waals surface area contributed by atoms with Gasteiger partial charge in [-0.3, -0.25) is 4.79 Å². The molecule has 35 heavy (non-hydrogen) atoms. The number of benzene rings is 1. The van der Waals surface area contributed by atoms with Crippen LogP contribution in [-0.4, -0.2) is 67.2 Å². The number of hydrogen-bond donors (Lipinski definition) is 0. The Morgan fingerprint density at radius 1 is 1.26 bits per heavy atom. The minimum Gasteiger partial charge on any atom is -0.486 e. The normalized spacial score (nSPS) is 17.9. The lowest BCUT2D eigenvalue weighted by Gasteiger charge is -2.30. The zero-order chi connectivity index (χ0) is 24.7. The van der Waals surface area contributed by atoms with Gasteiger partial charge in [-0.05, 0) is 31.0 Å². The van der Waals surface area contributed by atoms with Gasteiger partial charge < -0.3 is 14.4 Å². The fraction of sp³-hybridized carbons (Fsp3) is 0.417. The first-order valence-corrected chi connectivity index (χ1v) is 13.2. The molecule has 0 bridgehead atoms. The van der Waals surface area contributed by atoms with Gasteiger partial charge in [-0.15, -0.1) is 0 Å². The smallest absolute Gasteiger partial charge is 0.221 e. The van der Waals surface area contributed by atoms with E-state index in [-0.39, 0.29) is 24.0 Å². The number of anilines is 1. The van der Waals surface area contributed by atoms with Gasteiger partial charge in [0.1, 0.15) is 24.8 Å². The van der Waals surface area contributed by atoms with E-state index in [1.807, 2.05) is 12.1 Å². The first-order valence-electron chi connectivity index (χ1n) is 11.6. The third-order valence-corrected chi connectivity index (χ3v) is 8.45. The number of aromatic nitrogens is 2. The van der Waals surface area contributed by atoms with Crippen LogP contribution in [0.15, 0.2) is 36.7 Å². The van der Waals surface area contributed by atoms with Crippen LogP contribution in [0.2, 0.25) is 0 Å². The maximum atomic E-state index is 14.4. The van der Waals surface area contributed by atoms with Gasteiger partial charge in [-0.2, -0.15) is 5.10 Å². The molecule has 0 radical (unpaired) electrons. The van der Waals surface area contributed by atoms with E-state index in [0.717, 1.165) is 34.9 Å². The number of ether oxygens (including phenoxy) is 2. The molecule has 1 atom stereocenters. The fourth-order valence-corrected chi connectivity index (χ4v) is 5.81. The van der Waals surface area contributed by atoms with Crippen LogP contribution in [0.25, 0.3) is 5.52 Å². The van der Waals surface area contributed by atoms with Crippen molar-refractivity contribution >= 4 is 27.0 Å². The highest BCUT2D eigenvalue weighted by Crippen LogP contribution is 2.45. The van der Waals surface area contributed by atoms with Gasteiger partial charge in [0, 0.05) is 43.7 Å². The SMILES string of the molecule is CCN(C)S(=O)(=O)CC(=O)c1cnn2ccc(N3CCCC3c3cc(F)cc4c3OCCO4)cc12. The first-order chi connectivity index (χ1) is 16.8. The average molecular weight is 503 g/mol. The van der Waals surface area contributed by atoms with Gasteiger partial charge in [0.05, 0.1) is 23.3 Å². The van der Waals surface area contributed by atoms with Gasteiger partial charge in [0.25, 0.3) is 0 Å². The monoisotopic (exact) mass is 502 g/mol. The van der Waals surface area contributed by atoms with Crippen molar-refractivity contribution in [2.75, 3.05) is 44.0 Å². The fourth-order valence-electron chi connectivity index (χ4n) is 4.71. The molecule has 0 saturated carbocycles. The zero-order valence-corrected chi connectivity index (χ0v) is 20.4. The molecule has 0 N–H and O–H groups in total. The van der Waals surface area contributed by atoms with Crippen LogP contribution < -0.4 is 14.4 Å². The molecule has 0 aliphatic carbocycles. The molecule has 1 unspecified atom stereocenters. The van der Waals surface area contributed by atoms with E-state index in [0.29, 0.717) is 30.2 Å². The highest BCUT2D eigenvalue weighted by molar-refractivity contribution is 7.89. The largest absolute Gasteiger partial charge is 0.486 e. The van der Waals surface area contributed by atoms with E-state index >= 15 is 0 Å². The van der Waals surface area contributed by atoms with Gasteiger partial charge in [0.15, 0.2) is 17.3 Å². The third kappa shape index (κ3) is 4.34. The Morgan fingerprint density at radius 2 is 2.06 bits per heavy atom. The Balaban J connectivity index is 1.49. The second kappa shape index (κ2) is 9.12. The molecule has 2 aliphatic heterocycles. The van der Waals surface area contributed by atoms with Gasteiger partial charge in [-0.25, -0.2) is 21.6 Å². The van der Waals surface area contributed by atoms with Crippen LogP contribution in [0.5, 0.6) is 11.5 Å². The quantitative estimate of drug-likeness (QED) is 0.459. The molecule has 5 rings (SSSR count). The number of halogens is 1. The number of carbonyl (C=O) groups is 1. The maximum Gasteiger partial charge on any atom is 0.221 e. The number of fused-ring (bicyclic) bond motifs is 2.